The highest BCUT2D eigenvalue weighted by atomic mass is 32.3. The van der Waals surface area contributed by atoms with Crippen molar-refractivity contribution in [3.8, 4) is 0 Å². The van der Waals surface area contributed by atoms with E-state index in [1.54, 1.807) is 0 Å². The summed E-state index contributed by atoms with van der Waals surface area (Å²) in [4.78, 5) is 0.929. The van der Waals surface area contributed by atoms with Gasteiger partial charge in [0.15, 0.2) is 15.0 Å². The van der Waals surface area contributed by atoms with E-state index in [1.807, 2.05) is 54.8 Å². The molecule has 3 heteroatoms. The molecule has 0 heterocycles. The van der Waals surface area contributed by atoms with Crippen molar-refractivity contribution in [1.29, 1.82) is 0 Å². The Morgan fingerprint density at radius 2 is 1.45 bits per heavy atom. The lowest BCUT2D eigenvalue weighted by Gasteiger charge is -2.17. The van der Waals surface area contributed by atoms with E-state index in [4.69, 9.17) is 0 Å². The Morgan fingerprint density at radius 1 is 0.900 bits per heavy atom. The highest BCUT2D eigenvalue weighted by Crippen LogP contribution is 2.23. The minimum absolute atomic E-state index is 0.693. The highest BCUT2D eigenvalue weighted by molar-refractivity contribution is 8.00. The Hall–Kier alpha value is -1.45. The third-order valence-corrected chi connectivity index (χ3v) is 6.46. The van der Waals surface area contributed by atoms with Gasteiger partial charge in [-0.2, -0.15) is 0 Å². The molecule has 2 aromatic carbocycles. The number of aryl methyl sites for hydroxylation is 1. The van der Waals surface area contributed by atoms with Crippen LogP contribution in [0.15, 0.2) is 65.6 Å². The Morgan fingerprint density at radius 3 is 2.00 bits per heavy atom. The second kappa shape index (κ2) is 6.82. The molecule has 0 aliphatic rings. The second-order valence-electron chi connectivity index (χ2n) is 5.06. The molecule has 0 spiro atoms. The van der Waals surface area contributed by atoms with Crippen molar-refractivity contribution in [3.63, 3.8) is 0 Å². The summed E-state index contributed by atoms with van der Waals surface area (Å²) in [5.41, 5.74) is 1.31. The zero-order valence-corrected chi connectivity index (χ0v) is 13.0. The van der Waals surface area contributed by atoms with E-state index < -0.39 is 10.1 Å². The smallest absolute Gasteiger partial charge is 0.126 e. The van der Waals surface area contributed by atoms with Gasteiger partial charge in [0.05, 0.1) is 0 Å². The van der Waals surface area contributed by atoms with Crippen LogP contribution in [-0.2, 0) is 20.7 Å². The molecule has 0 fully saturated rings. The average molecular weight is 288 g/mol. The van der Waals surface area contributed by atoms with Gasteiger partial charge in [-0.15, -0.1) is 4.31 Å². The molecule has 0 aliphatic heterocycles. The van der Waals surface area contributed by atoms with Gasteiger partial charge in [0.25, 0.3) is 0 Å². The summed E-state index contributed by atoms with van der Waals surface area (Å²) < 4.78 is 15.1. The topological polar surface area (TPSA) is 20.3 Å². The summed E-state index contributed by atoms with van der Waals surface area (Å²) in [6.45, 7) is 0. The van der Waals surface area contributed by atoms with Crippen LogP contribution < -0.4 is 0 Å². The molecule has 0 amide bonds. The van der Waals surface area contributed by atoms with Crippen molar-refractivity contribution < 1.29 is 4.21 Å². The van der Waals surface area contributed by atoms with Gasteiger partial charge in [0.1, 0.15) is 5.75 Å². The van der Waals surface area contributed by atoms with Crippen molar-refractivity contribution in [2.75, 3.05) is 19.8 Å². The highest BCUT2D eigenvalue weighted by Gasteiger charge is 2.33. The molecule has 0 saturated heterocycles. The number of rotatable bonds is 6. The van der Waals surface area contributed by atoms with Crippen molar-refractivity contribution in [1.82, 2.24) is 4.31 Å². The predicted molar refractivity (Wildman–Crippen MR) is 86.1 cm³/mol. The molecular formula is C17H22NOS+. The van der Waals surface area contributed by atoms with E-state index in [-0.39, 0.29) is 0 Å². The molecule has 0 saturated carbocycles. The van der Waals surface area contributed by atoms with Crippen LogP contribution in [0.5, 0.6) is 0 Å². The second-order valence-corrected chi connectivity index (χ2v) is 7.95. The summed E-state index contributed by atoms with van der Waals surface area (Å²) in [5, 5.41) is 0. The number of nitrogens with zero attached hydrogens (tertiary/aromatic N) is 1. The van der Waals surface area contributed by atoms with Gasteiger partial charge in [0.2, 0.25) is 0 Å². The van der Waals surface area contributed by atoms with Crippen LogP contribution in [0.25, 0.3) is 0 Å². The number of hydrogen-bond donors (Lipinski definition) is 0. The number of benzene rings is 2. The Balaban J connectivity index is 2.05. The molecule has 0 radical (unpaired) electrons. The molecule has 2 aromatic rings. The molecule has 0 aromatic heterocycles. The molecule has 1 unspecified atom stereocenters. The van der Waals surface area contributed by atoms with E-state index in [2.05, 4.69) is 24.3 Å². The summed E-state index contributed by atoms with van der Waals surface area (Å²) in [6, 6.07) is 20.2. The molecule has 0 bridgehead atoms. The minimum atomic E-state index is -2.12. The lowest BCUT2D eigenvalue weighted by Crippen LogP contribution is -2.32. The van der Waals surface area contributed by atoms with Crippen molar-refractivity contribution in [2.45, 2.75) is 17.7 Å². The molecular weight excluding hydrogens is 266 g/mol. The van der Waals surface area contributed by atoms with Crippen LogP contribution in [0.1, 0.15) is 12.0 Å². The minimum Gasteiger partial charge on any atom is -0.126 e. The lowest BCUT2D eigenvalue weighted by molar-refractivity contribution is 0.527. The summed E-state index contributed by atoms with van der Waals surface area (Å²) >= 11 is 0. The third kappa shape index (κ3) is 3.56. The molecule has 2 rings (SSSR count). The van der Waals surface area contributed by atoms with E-state index in [9.17, 15) is 4.21 Å². The molecule has 106 valence electrons. The van der Waals surface area contributed by atoms with Crippen molar-refractivity contribution >= 4 is 10.1 Å². The van der Waals surface area contributed by atoms with E-state index in [0.717, 1.165) is 17.7 Å². The van der Waals surface area contributed by atoms with Gasteiger partial charge < -0.3 is 0 Å². The van der Waals surface area contributed by atoms with Gasteiger partial charge in [-0.3, -0.25) is 0 Å². The fourth-order valence-corrected chi connectivity index (χ4v) is 4.40. The quantitative estimate of drug-likeness (QED) is 0.743. The van der Waals surface area contributed by atoms with Crippen LogP contribution in [0.3, 0.4) is 0 Å². The monoisotopic (exact) mass is 288 g/mol. The largest absolute Gasteiger partial charge is 0.190 e. The predicted octanol–water partition coefficient (Wildman–Crippen LogP) is 3.65. The van der Waals surface area contributed by atoms with E-state index >= 15 is 0 Å². The Kier molecular flexibility index (Phi) is 5.10. The SMILES string of the molecule is CN(C)[S+](=O)(CCCc1ccccc1)c1ccccc1. The van der Waals surface area contributed by atoms with E-state index in [1.165, 1.54) is 5.56 Å². The van der Waals surface area contributed by atoms with Crippen LogP contribution in [0, 0.1) is 0 Å². The van der Waals surface area contributed by atoms with Crippen LogP contribution in [0.4, 0.5) is 0 Å². The van der Waals surface area contributed by atoms with Crippen molar-refractivity contribution in [2.24, 2.45) is 0 Å². The molecule has 0 N–H and O–H groups in total. The first-order valence-electron chi connectivity index (χ1n) is 6.91. The van der Waals surface area contributed by atoms with Crippen LogP contribution in [-0.4, -0.2) is 24.2 Å². The van der Waals surface area contributed by atoms with Gasteiger partial charge >= 0.3 is 0 Å². The standard InChI is InChI=1S/C17H22NOS/c1-18(2)20(19,17-13-7-4-8-14-17)15-9-12-16-10-5-3-6-11-16/h3-8,10-11,13-14H,9,12,15H2,1-2H3/q+1. The fraction of sp³-hybridized carbons (Fsp3) is 0.294. The maximum Gasteiger partial charge on any atom is 0.190 e. The molecule has 2 nitrogen and oxygen atoms in total. The summed E-state index contributed by atoms with van der Waals surface area (Å²) in [6.07, 6.45) is 1.90. The Bertz CT molecular complexity index is 566. The molecule has 1 atom stereocenters. The first kappa shape index (κ1) is 14.9. The normalized spacial score (nSPS) is 14.2. The van der Waals surface area contributed by atoms with Crippen LogP contribution >= 0.6 is 0 Å². The fourth-order valence-electron chi connectivity index (χ4n) is 2.26. The first-order chi connectivity index (χ1) is 9.63. The Labute approximate surface area is 123 Å². The third-order valence-electron chi connectivity index (χ3n) is 3.43. The maximum atomic E-state index is 13.2. The zero-order chi connectivity index (χ0) is 14.4. The van der Waals surface area contributed by atoms with Crippen molar-refractivity contribution in [3.05, 3.63) is 66.2 Å². The number of hydrogen-bond acceptors (Lipinski definition) is 1. The van der Waals surface area contributed by atoms with Gasteiger partial charge in [-0.05, 0) is 30.5 Å². The molecule has 20 heavy (non-hydrogen) atoms. The lowest BCUT2D eigenvalue weighted by atomic mass is 10.1. The van der Waals surface area contributed by atoms with E-state index in [0.29, 0.717) is 5.75 Å². The van der Waals surface area contributed by atoms with Gasteiger partial charge in [-0.1, -0.05) is 52.7 Å². The summed E-state index contributed by atoms with van der Waals surface area (Å²) in [7, 11) is 1.68. The first-order valence-corrected chi connectivity index (χ1v) is 8.60. The van der Waals surface area contributed by atoms with Gasteiger partial charge in [0, 0.05) is 14.1 Å². The van der Waals surface area contributed by atoms with Crippen LogP contribution in [0.2, 0.25) is 0 Å². The maximum absolute atomic E-state index is 13.2. The molecule has 0 aliphatic carbocycles. The zero-order valence-electron chi connectivity index (χ0n) is 12.2. The summed E-state index contributed by atoms with van der Waals surface area (Å²) in [5.74, 6) is 0.693. The van der Waals surface area contributed by atoms with Gasteiger partial charge in [-0.25, -0.2) is 0 Å². The average Bonchev–Trinajstić information content (AvgIpc) is 2.49.